The number of ether oxygens (including phenoxy) is 1. The van der Waals surface area contributed by atoms with Crippen LogP contribution in [0.25, 0.3) is 0 Å². The van der Waals surface area contributed by atoms with Gasteiger partial charge < -0.3 is 15.4 Å². The zero-order valence-electron chi connectivity index (χ0n) is 14.3. The molecule has 0 spiro atoms. The van der Waals surface area contributed by atoms with E-state index in [1.807, 2.05) is 13.8 Å². The Labute approximate surface area is 155 Å². The van der Waals surface area contributed by atoms with E-state index in [2.05, 4.69) is 10.6 Å². The van der Waals surface area contributed by atoms with E-state index in [1.165, 1.54) is 24.3 Å². The van der Waals surface area contributed by atoms with E-state index in [9.17, 15) is 14.5 Å². The van der Waals surface area contributed by atoms with Gasteiger partial charge >= 0.3 is 0 Å². The molecule has 1 aliphatic rings. The number of nitrogens with one attached hydrogen (secondary N) is 2. The number of anilines is 1. The van der Waals surface area contributed by atoms with Crippen LogP contribution < -0.4 is 15.4 Å². The Hall–Kier alpha value is -2.74. The monoisotopic (exact) mass is 375 g/mol. The number of fused-ring (bicyclic) bond motifs is 1. The second kappa shape index (κ2) is 6.87. The predicted octanol–water partition coefficient (Wildman–Crippen LogP) is 4.32. The van der Waals surface area contributed by atoms with Gasteiger partial charge in [-0.25, -0.2) is 4.39 Å². The van der Waals surface area contributed by atoms with Crippen LogP contribution in [0.4, 0.5) is 15.8 Å². The van der Waals surface area contributed by atoms with Crippen LogP contribution in [0.2, 0.25) is 0 Å². The van der Waals surface area contributed by atoms with Crippen molar-refractivity contribution in [1.29, 1.82) is 0 Å². The molecule has 0 radical (unpaired) electrons. The second-order valence-electron chi connectivity index (χ2n) is 6.70. The molecule has 1 atom stereocenters. The summed E-state index contributed by atoms with van der Waals surface area (Å²) < 4.78 is 19.6. The second-order valence-corrected chi connectivity index (χ2v) is 7.11. The van der Waals surface area contributed by atoms with Crippen LogP contribution in [0.15, 0.2) is 42.5 Å². The minimum atomic E-state index is -0.462. The normalized spacial score (nSPS) is 17.6. The molecule has 0 amide bonds. The van der Waals surface area contributed by atoms with Crippen LogP contribution in [-0.2, 0) is 0 Å². The molecule has 1 aliphatic heterocycles. The Morgan fingerprint density at radius 2 is 2.00 bits per heavy atom. The fourth-order valence-electron chi connectivity index (χ4n) is 2.95. The minimum Gasteiger partial charge on any atom is -0.487 e. The highest BCUT2D eigenvalue weighted by molar-refractivity contribution is 7.80. The Balaban J connectivity index is 1.74. The van der Waals surface area contributed by atoms with Crippen molar-refractivity contribution in [2.75, 3.05) is 5.32 Å². The third kappa shape index (κ3) is 4.08. The summed E-state index contributed by atoms with van der Waals surface area (Å²) >= 11 is 5.35. The molecule has 0 fully saturated rings. The highest BCUT2D eigenvalue weighted by Crippen LogP contribution is 2.39. The third-order valence-corrected chi connectivity index (χ3v) is 4.29. The number of benzene rings is 2. The lowest BCUT2D eigenvalue weighted by Crippen LogP contribution is -2.42. The van der Waals surface area contributed by atoms with Crippen molar-refractivity contribution in [2.24, 2.45) is 0 Å². The Bertz CT molecular complexity index is 855. The van der Waals surface area contributed by atoms with E-state index in [1.54, 1.807) is 18.2 Å². The molecule has 1 unspecified atom stereocenters. The first-order chi connectivity index (χ1) is 12.2. The number of non-ortho nitro benzene ring substituents is 1. The molecule has 2 aromatic carbocycles. The van der Waals surface area contributed by atoms with Crippen molar-refractivity contribution >= 4 is 28.7 Å². The lowest BCUT2D eigenvalue weighted by atomic mass is 9.90. The Kier molecular flexibility index (Phi) is 4.78. The van der Waals surface area contributed by atoms with E-state index in [0.717, 1.165) is 0 Å². The smallest absolute Gasteiger partial charge is 0.269 e. The summed E-state index contributed by atoms with van der Waals surface area (Å²) in [5, 5.41) is 17.2. The van der Waals surface area contributed by atoms with Gasteiger partial charge in [0.25, 0.3) is 5.69 Å². The molecule has 8 heteroatoms. The van der Waals surface area contributed by atoms with E-state index < -0.39 is 10.5 Å². The summed E-state index contributed by atoms with van der Waals surface area (Å²) in [4.78, 5) is 10.2. The molecule has 2 N–H and O–H groups in total. The molecule has 0 aliphatic carbocycles. The molecule has 3 rings (SSSR count). The van der Waals surface area contributed by atoms with Gasteiger partial charge in [-0.15, -0.1) is 0 Å². The summed E-state index contributed by atoms with van der Waals surface area (Å²) in [6.45, 7) is 3.92. The first-order valence-electron chi connectivity index (χ1n) is 8.04. The Morgan fingerprint density at radius 1 is 1.31 bits per heavy atom. The van der Waals surface area contributed by atoms with Crippen LogP contribution in [0.3, 0.4) is 0 Å². The summed E-state index contributed by atoms with van der Waals surface area (Å²) in [6, 6.07) is 10.2. The van der Waals surface area contributed by atoms with Gasteiger partial charge in [0.2, 0.25) is 0 Å². The number of rotatable bonds is 3. The number of halogens is 1. The van der Waals surface area contributed by atoms with Gasteiger partial charge in [-0.1, -0.05) is 0 Å². The largest absolute Gasteiger partial charge is 0.487 e. The van der Waals surface area contributed by atoms with Crippen molar-refractivity contribution in [3.05, 3.63) is 64.0 Å². The zero-order chi connectivity index (χ0) is 18.9. The third-order valence-electron chi connectivity index (χ3n) is 4.07. The predicted molar refractivity (Wildman–Crippen MR) is 101 cm³/mol. The van der Waals surface area contributed by atoms with Gasteiger partial charge in [-0.3, -0.25) is 10.1 Å². The molecular formula is C18H18FN3O3S. The average Bonchev–Trinajstić information content (AvgIpc) is 2.55. The maximum absolute atomic E-state index is 13.7. The van der Waals surface area contributed by atoms with Crippen molar-refractivity contribution in [2.45, 2.75) is 31.9 Å². The minimum absolute atomic E-state index is 0.00464. The van der Waals surface area contributed by atoms with Gasteiger partial charge in [0, 0.05) is 29.8 Å². The molecule has 0 aromatic heterocycles. The Morgan fingerprint density at radius 3 is 2.65 bits per heavy atom. The molecule has 1 heterocycles. The maximum atomic E-state index is 13.7. The summed E-state index contributed by atoms with van der Waals surface area (Å²) in [6.07, 6.45) is 0.603. The highest BCUT2D eigenvalue weighted by Gasteiger charge is 2.34. The topological polar surface area (TPSA) is 76.4 Å². The maximum Gasteiger partial charge on any atom is 0.269 e. The zero-order valence-corrected chi connectivity index (χ0v) is 15.1. The van der Waals surface area contributed by atoms with Crippen LogP contribution in [0, 0.1) is 15.9 Å². The first-order valence-corrected chi connectivity index (χ1v) is 8.45. The summed E-state index contributed by atoms with van der Waals surface area (Å²) in [7, 11) is 0. The molecule has 136 valence electrons. The molecule has 2 aromatic rings. The van der Waals surface area contributed by atoms with Crippen molar-refractivity contribution in [1.82, 2.24) is 5.32 Å². The van der Waals surface area contributed by atoms with E-state index in [-0.39, 0.29) is 17.5 Å². The first kappa shape index (κ1) is 18.1. The van der Waals surface area contributed by atoms with Crippen LogP contribution in [0.5, 0.6) is 5.75 Å². The van der Waals surface area contributed by atoms with Gasteiger partial charge in [0.15, 0.2) is 5.11 Å². The van der Waals surface area contributed by atoms with Crippen molar-refractivity contribution in [3.63, 3.8) is 0 Å². The summed E-state index contributed by atoms with van der Waals surface area (Å²) in [5.41, 5.74) is 0.909. The molecule has 0 bridgehead atoms. The number of nitro benzene ring substituents is 1. The van der Waals surface area contributed by atoms with Crippen LogP contribution >= 0.6 is 12.2 Å². The average molecular weight is 375 g/mol. The molecule has 0 saturated carbocycles. The standard InChI is InChI=1S/C18H18FN3O3S/c1-18(2)10-15(14-9-11(19)3-8-16(14)25-18)21-17(26)20-12-4-6-13(7-5-12)22(23)24/h3-9,15H,10H2,1-2H3,(H2,20,21,26). The number of nitrogens with zero attached hydrogens (tertiary/aromatic N) is 1. The van der Waals surface area contributed by atoms with Crippen LogP contribution in [-0.4, -0.2) is 15.6 Å². The number of nitro groups is 1. The van der Waals surface area contributed by atoms with Gasteiger partial charge in [0.1, 0.15) is 17.2 Å². The van der Waals surface area contributed by atoms with E-state index in [4.69, 9.17) is 17.0 Å². The van der Waals surface area contributed by atoms with Gasteiger partial charge in [-0.2, -0.15) is 0 Å². The molecule has 0 saturated heterocycles. The van der Waals surface area contributed by atoms with Gasteiger partial charge in [-0.05, 0) is 56.4 Å². The summed E-state index contributed by atoms with van der Waals surface area (Å²) in [5.74, 6) is 0.284. The SMILES string of the molecule is CC1(C)CC(NC(=S)Nc2ccc([N+](=O)[O-])cc2)c2cc(F)ccc2O1. The van der Waals surface area contributed by atoms with Crippen LogP contribution in [0.1, 0.15) is 31.9 Å². The van der Waals surface area contributed by atoms with E-state index in [0.29, 0.717) is 28.5 Å². The molecule has 26 heavy (non-hydrogen) atoms. The fourth-order valence-corrected chi connectivity index (χ4v) is 3.21. The molecule has 6 nitrogen and oxygen atoms in total. The lowest BCUT2D eigenvalue weighted by Gasteiger charge is -2.38. The highest BCUT2D eigenvalue weighted by atomic mass is 32.1. The number of hydrogen-bond acceptors (Lipinski definition) is 4. The van der Waals surface area contributed by atoms with Gasteiger partial charge in [0.05, 0.1) is 11.0 Å². The van der Waals surface area contributed by atoms with E-state index >= 15 is 0 Å². The number of hydrogen-bond donors (Lipinski definition) is 2. The number of thiocarbonyl (C=S) groups is 1. The fraction of sp³-hybridized carbons (Fsp3) is 0.278. The molecular weight excluding hydrogens is 357 g/mol. The quantitative estimate of drug-likeness (QED) is 0.473. The lowest BCUT2D eigenvalue weighted by molar-refractivity contribution is -0.384. The van der Waals surface area contributed by atoms with Crippen molar-refractivity contribution in [3.8, 4) is 5.75 Å². The van der Waals surface area contributed by atoms with Crippen molar-refractivity contribution < 1.29 is 14.1 Å².